The lowest BCUT2D eigenvalue weighted by atomic mass is 10.1. The molecule has 0 fully saturated rings. The normalized spacial score (nSPS) is 18.9. The number of benzene rings is 2. The molecule has 0 spiro atoms. The SMILES string of the molecule is FC(F)(F)C1=CC(c2ccccc2)N(Cc2ccccc2)O1. The topological polar surface area (TPSA) is 12.5 Å². The van der Waals surface area contributed by atoms with Crippen LogP contribution >= 0.6 is 0 Å². The molecule has 0 saturated carbocycles. The molecule has 22 heavy (non-hydrogen) atoms. The first-order valence-electron chi connectivity index (χ1n) is 6.86. The van der Waals surface area contributed by atoms with Gasteiger partial charge in [0.2, 0.25) is 5.76 Å². The van der Waals surface area contributed by atoms with Gasteiger partial charge in [-0.05, 0) is 17.2 Å². The maximum Gasteiger partial charge on any atom is 0.451 e. The molecule has 1 heterocycles. The molecule has 0 bridgehead atoms. The van der Waals surface area contributed by atoms with E-state index in [1.165, 1.54) is 5.06 Å². The summed E-state index contributed by atoms with van der Waals surface area (Å²) in [4.78, 5) is 5.07. The Morgan fingerprint density at radius 1 is 0.909 bits per heavy atom. The fraction of sp³-hybridized carbons (Fsp3) is 0.176. The Morgan fingerprint density at radius 3 is 2.09 bits per heavy atom. The highest BCUT2D eigenvalue weighted by Gasteiger charge is 2.43. The maximum absolute atomic E-state index is 12.9. The van der Waals surface area contributed by atoms with Gasteiger partial charge in [0, 0.05) is 0 Å². The van der Waals surface area contributed by atoms with E-state index < -0.39 is 18.0 Å². The molecular weight excluding hydrogens is 291 g/mol. The first kappa shape index (κ1) is 14.7. The van der Waals surface area contributed by atoms with Gasteiger partial charge in [-0.2, -0.15) is 13.2 Å². The Labute approximate surface area is 126 Å². The molecule has 0 N–H and O–H groups in total. The van der Waals surface area contributed by atoms with E-state index in [2.05, 4.69) is 0 Å². The number of hydrogen-bond acceptors (Lipinski definition) is 2. The second-order valence-electron chi connectivity index (χ2n) is 5.04. The van der Waals surface area contributed by atoms with Crippen LogP contribution in [-0.2, 0) is 11.4 Å². The number of alkyl halides is 3. The molecule has 0 radical (unpaired) electrons. The predicted molar refractivity (Wildman–Crippen MR) is 76.4 cm³/mol. The van der Waals surface area contributed by atoms with Crippen molar-refractivity contribution in [3.05, 3.63) is 83.6 Å². The van der Waals surface area contributed by atoms with Crippen LogP contribution in [0.4, 0.5) is 13.2 Å². The molecule has 1 unspecified atom stereocenters. The Balaban J connectivity index is 1.88. The third kappa shape index (κ3) is 3.14. The molecule has 5 heteroatoms. The van der Waals surface area contributed by atoms with Crippen LogP contribution in [0.5, 0.6) is 0 Å². The van der Waals surface area contributed by atoms with Gasteiger partial charge in [-0.1, -0.05) is 60.7 Å². The molecule has 0 aliphatic carbocycles. The maximum atomic E-state index is 12.9. The van der Waals surface area contributed by atoms with E-state index in [4.69, 9.17) is 4.84 Å². The van der Waals surface area contributed by atoms with E-state index in [1.54, 1.807) is 24.3 Å². The smallest absolute Gasteiger partial charge is 0.400 e. The van der Waals surface area contributed by atoms with Crippen molar-refractivity contribution in [2.45, 2.75) is 18.8 Å². The fourth-order valence-electron chi connectivity index (χ4n) is 2.39. The highest BCUT2D eigenvalue weighted by molar-refractivity contribution is 5.27. The van der Waals surface area contributed by atoms with Crippen LogP contribution in [-0.4, -0.2) is 11.2 Å². The zero-order valence-corrected chi connectivity index (χ0v) is 11.6. The van der Waals surface area contributed by atoms with Crippen molar-refractivity contribution < 1.29 is 18.0 Å². The van der Waals surface area contributed by atoms with Crippen LogP contribution in [0.3, 0.4) is 0 Å². The molecule has 3 rings (SSSR count). The summed E-state index contributed by atoms with van der Waals surface area (Å²) < 4.78 is 38.8. The monoisotopic (exact) mass is 305 g/mol. The summed E-state index contributed by atoms with van der Waals surface area (Å²) in [6, 6.07) is 17.7. The lowest BCUT2D eigenvalue weighted by molar-refractivity contribution is -0.200. The van der Waals surface area contributed by atoms with E-state index in [0.29, 0.717) is 0 Å². The van der Waals surface area contributed by atoms with Crippen LogP contribution in [0.15, 0.2) is 72.5 Å². The quantitative estimate of drug-likeness (QED) is 0.820. The Bertz CT molecular complexity index is 653. The van der Waals surface area contributed by atoms with Crippen molar-refractivity contribution in [3.8, 4) is 0 Å². The number of halogens is 3. The zero-order valence-electron chi connectivity index (χ0n) is 11.6. The standard InChI is InChI=1S/C17H14F3NO/c18-17(19,20)16-11-15(14-9-5-2-6-10-14)21(22-16)12-13-7-3-1-4-8-13/h1-11,15H,12H2. The van der Waals surface area contributed by atoms with E-state index in [1.807, 2.05) is 36.4 Å². The first-order valence-corrected chi connectivity index (χ1v) is 6.86. The lowest BCUT2D eigenvalue weighted by Gasteiger charge is -2.23. The molecule has 1 aliphatic heterocycles. The van der Waals surface area contributed by atoms with Crippen LogP contribution in [0.2, 0.25) is 0 Å². The second-order valence-corrected chi connectivity index (χ2v) is 5.04. The van der Waals surface area contributed by atoms with Gasteiger partial charge in [0.25, 0.3) is 0 Å². The molecular formula is C17H14F3NO. The fourth-order valence-corrected chi connectivity index (χ4v) is 2.39. The van der Waals surface area contributed by atoms with Crippen LogP contribution < -0.4 is 0 Å². The van der Waals surface area contributed by atoms with Gasteiger partial charge in [0.05, 0.1) is 12.6 Å². The molecule has 114 valence electrons. The molecule has 0 aromatic heterocycles. The number of rotatable bonds is 3. The first-order chi connectivity index (χ1) is 10.5. The van der Waals surface area contributed by atoms with Gasteiger partial charge < -0.3 is 4.84 Å². The number of hydroxylamine groups is 2. The van der Waals surface area contributed by atoms with Crippen molar-refractivity contribution in [1.29, 1.82) is 0 Å². The number of allylic oxidation sites excluding steroid dienone is 1. The van der Waals surface area contributed by atoms with Gasteiger partial charge in [0.1, 0.15) is 0 Å². The van der Waals surface area contributed by atoms with Crippen LogP contribution in [0.25, 0.3) is 0 Å². The van der Waals surface area contributed by atoms with Gasteiger partial charge in [-0.25, -0.2) is 0 Å². The zero-order chi connectivity index (χ0) is 15.6. The van der Waals surface area contributed by atoms with E-state index in [0.717, 1.165) is 17.2 Å². The van der Waals surface area contributed by atoms with Crippen molar-refractivity contribution in [2.75, 3.05) is 0 Å². The van der Waals surface area contributed by atoms with Crippen molar-refractivity contribution in [1.82, 2.24) is 5.06 Å². The van der Waals surface area contributed by atoms with Gasteiger partial charge in [-0.15, -0.1) is 5.06 Å². The summed E-state index contributed by atoms with van der Waals surface area (Å²) in [5.41, 5.74) is 1.65. The lowest BCUT2D eigenvalue weighted by Crippen LogP contribution is -2.24. The Kier molecular flexibility index (Phi) is 3.90. The largest absolute Gasteiger partial charge is 0.451 e. The van der Waals surface area contributed by atoms with E-state index in [-0.39, 0.29) is 6.54 Å². The average molecular weight is 305 g/mol. The summed E-state index contributed by atoms with van der Waals surface area (Å²) in [5, 5.41) is 1.35. The van der Waals surface area contributed by atoms with Gasteiger partial charge in [-0.3, -0.25) is 0 Å². The van der Waals surface area contributed by atoms with E-state index >= 15 is 0 Å². The van der Waals surface area contributed by atoms with Crippen LogP contribution in [0.1, 0.15) is 17.2 Å². The highest BCUT2D eigenvalue weighted by atomic mass is 19.4. The van der Waals surface area contributed by atoms with Crippen molar-refractivity contribution >= 4 is 0 Å². The summed E-state index contributed by atoms with van der Waals surface area (Å²) in [6.07, 6.45) is -3.36. The summed E-state index contributed by atoms with van der Waals surface area (Å²) in [7, 11) is 0. The van der Waals surface area contributed by atoms with Crippen molar-refractivity contribution in [2.24, 2.45) is 0 Å². The molecule has 2 aromatic carbocycles. The molecule has 2 nitrogen and oxygen atoms in total. The summed E-state index contributed by atoms with van der Waals surface area (Å²) >= 11 is 0. The Morgan fingerprint density at radius 2 is 1.50 bits per heavy atom. The summed E-state index contributed by atoms with van der Waals surface area (Å²) in [5.74, 6) is -0.961. The molecule has 1 aliphatic rings. The summed E-state index contributed by atoms with van der Waals surface area (Å²) in [6.45, 7) is 0.274. The number of nitrogens with zero attached hydrogens (tertiary/aromatic N) is 1. The molecule has 2 aromatic rings. The highest BCUT2D eigenvalue weighted by Crippen LogP contribution is 2.39. The van der Waals surface area contributed by atoms with Crippen LogP contribution in [0, 0.1) is 0 Å². The Hall–Kier alpha value is -2.27. The minimum Gasteiger partial charge on any atom is -0.400 e. The third-order valence-corrected chi connectivity index (χ3v) is 3.44. The average Bonchev–Trinajstić information content (AvgIpc) is 2.93. The van der Waals surface area contributed by atoms with Crippen molar-refractivity contribution in [3.63, 3.8) is 0 Å². The van der Waals surface area contributed by atoms with E-state index in [9.17, 15) is 13.2 Å². The minimum atomic E-state index is -4.49. The third-order valence-electron chi connectivity index (χ3n) is 3.44. The second kappa shape index (κ2) is 5.85. The molecule has 0 amide bonds. The molecule has 1 atom stereocenters. The van der Waals surface area contributed by atoms with Gasteiger partial charge >= 0.3 is 6.18 Å². The van der Waals surface area contributed by atoms with Gasteiger partial charge in [0.15, 0.2) is 0 Å². The number of hydrogen-bond donors (Lipinski definition) is 0. The predicted octanol–water partition coefficient (Wildman–Crippen LogP) is 4.62. The minimum absolute atomic E-state index is 0.274. The molecule has 0 saturated heterocycles.